The maximum atomic E-state index is 14.5. The average molecular weight is 665 g/mol. The van der Waals surface area contributed by atoms with Crippen LogP contribution in [0.5, 0.6) is 5.75 Å². The summed E-state index contributed by atoms with van der Waals surface area (Å²) in [6, 6.07) is 6.59. The molecule has 2 fully saturated rings. The Morgan fingerprint density at radius 1 is 1.09 bits per heavy atom. The highest BCUT2D eigenvalue weighted by atomic mass is 28.4. The lowest BCUT2D eigenvalue weighted by Gasteiger charge is -2.61. The van der Waals surface area contributed by atoms with Crippen molar-refractivity contribution in [1.29, 1.82) is 0 Å². The van der Waals surface area contributed by atoms with Crippen molar-refractivity contribution in [1.82, 2.24) is 0 Å². The third kappa shape index (κ3) is 7.24. The minimum Gasteiger partial charge on any atom is -0.497 e. The van der Waals surface area contributed by atoms with Crippen molar-refractivity contribution in [3.05, 3.63) is 53.9 Å². The zero-order chi connectivity index (χ0) is 33.6. The highest BCUT2D eigenvalue weighted by Crippen LogP contribution is 2.70. The van der Waals surface area contributed by atoms with Crippen LogP contribution in [-0.4, -0.2) is 36.0 Å². The number of ether oxygens (including phenoxy) is 1. The van der Waals surface area contributed by atoms with E-state index in [-0.39, 0.29) is 28.4 Å². The monoisotopic (exact) mass is 664 g/mol. The number of aryl methyl sites for hydroxylation is 1. The Labute approximate surface area is 273 Å². The van der Waals surface area contributed by atoms with Gasteiger partial charge in [-0.05, 0) is 135 Å². The van der Waals surface area contributed by atoms with Crippen molar-refractivity contribution >= 4 is 16.6 Å². The molecule has 0 aliphatic heterocycles. The van der Waals surface area contributed by atoms with Crippen LogP contribution in [0.4, 0.5) is 13.2 Å². The molecule has 0 amide bonds. The van der Waals surface area contributed by atoms with Gasteiger partial charge >= 0.3 is 6.08 Å². The third-order valence-electron chi connectivity index (χ3n) is 12.0. The van der Waals surface area contributed by atoms with Crippen LogP contribution in [0.2, 0.25) is 37.8 Å². The maximum absolute atomic E-state index is 14.5. The fourth-order valence-corrected chi connectivity index (χ4v) is 11.6. The molecule has 7 atom stereocenters. The van der Waals surface area contributed by atoms with Crippen LogP contribution >= 0.6 is 0 Å². The zero-order valence-corrected chi connectivity index (χ0v) is 31.6. The second-order valence-corrected chi connectivity index (χ2v) is 26.2. The standard InChI is InChI=1S/C37H59F3O3Si2/c1-12-37-22-21-25-23-27(41-6)17-18-28(25)32(37)26(15-13-14-16-29(33(38)34(39)40)42-44(7,8)9)24-36(5)30(37)19-20-31(36)43-45(10,11)35(2,3)4/h12,17-18,23,26,29-32H,1,13-16,19-22,24H2,2-11H3/t26-,29+,30+,31-,32+,36-,37+/m0/s1. The number of benzene rings is 1. The van der Waals surface area contributed by atoms with Gasteiger partial charge in [-0.1, -0.05) is 52.7 Å². The van der Waals surface area contributed by atoms with Gasteiger partial charge in [0, 0.05) is 0 Å². The normalized spacial score (nSPS) is 30.6. The van der Waals surface area contributed by atoms with Crippen molar-refractivity contribution in [2.24, 2.45) is 22.7 Å². The summed E-state index contributed by atoms with van der Waals surface area (Å²) in [7, 11) is -2.49. The quantitative estimate of drug-likeness (QED) is 0.126. The van der Waals surface area contributed by atoms with Crippen LogP contribution in [0.25, 0.3) is 0 Å². The van der Waals surface area contributed by atoms with Crippen LogP contribution in [0.3, 0.4) is 0 Å². The van der Waals surface area contributed by atoms with E-state index in [0.717, 1.165) is 50.7 Å². The Hall–Kier alpha value is -1.36. The summed E-state index contributed by atoms with van der Waals surface area (Å²) in [5.74, 6) is 0.667. The van der Waals surface area contributed by atoms with Gasteiger partial charge in [0.25, 0.3) is 0 Å². The van der Waals surface area contributed by atoms with Crippen molar-refractivity contribution in [2.45, 2.75) is 141 Å². The van der Waals surface area contributed by atoms with Crippen molar-refractivity contribution in [3.8, 4) is 5.75 Å². The number of halogens is 3. The van der Waals surface area contributed by atoms with E-state index < -0.39 is 34.6 Å². The molecule has 254 valence electrons. The molecule has 1 aromatic carbocycles. The second kappa shape index (κ2) is 13.3. The van der Waals surface area contributed by atoms with Gasteiger partial charge in [0.1, 0.15) is 11.9 Å². The molecular weight excluding hydrogens is 606 g/mol. The first-order valence-corrected chi connectivity index (χ1v) is 23.5. The summed E-state index contributed by atoms with van der Waals surface area (Å²) in [6.07, 6.45) is 7.12. The molecular formula is C37H59F3O3Si2. The van der Waals surface area contributed by atoms with Crippen molar-refractivity contribution in [2.75, 3.05) is 7.11 Å². The SMILES string of the molecule is C=C[C@]12CCc3cc(OC)ccc3[C@H]1[C@@H](CCCC[C@@H](O[Si](C)(C)C)C(F)=C(F)F)C[C@]1(C)[C@@H](O[Si](C)(C)C(C)(C)C)CC[C@H]12. The Morgan fingerprint density at radius 3 is 2.36 bits per heavy atom. The molecule has 0 N–H and O–H groups in total. The predicted octanol–water partition coefficient (Wildman–Crippen LogP) is 11.6. The van der Waals surface area contributed by atoms with Crippen LogP contribution in [0.15, 0.2) is 42.8 Å². The molecule has 3 nitrogen and oxygen atoms in total. The molecule has 8 heteroatoms. The molecule has 0 unspecified atom stereocenters. The first kappa shape index (κ1) is 36.5. The van der Waals surface area contributed by atoms with E-state index in [1.54, 1.807) is 7.11 Å². The van der Waals surface area contributed by atoms with Gasteiger partial charge in [0.2, 0.25) is 0 Å². The second-order valence-electron chi connectivity index (χ2n) is 16.9. The molecule has 2 saturated carbocycles. The minimum atomic E-state index is -2.26. The van der Waals surface area contributed by atoms with Crippen LogP contribution in [0.1, 0.15) is 96.1 Å². The fourth-order valence-electron chi connectivity index (χ4n) is 9.04. The molecule has 0 radical (unpaired) electrons. The topological polar surface area (TPSA) is 27.7 Å². The molecule has 4 rings (SSSR count). The van der Waals surface area contributed by atoms with Gasteiger partial charge in [-0.2, -0.15) is 8.78 Å². The predicted molar refractivity (Wildman–Crippen MR) is 185 cm³/mol. The highest BCUT2D eigenvalue weighted by Gasteiger charge is 2.64. The van der Waals surface area contributed by atoms with Crippen molar-refractivity contribution in [3.63, 3.8) is 0 Å². The van der Waals surface area contributed by atoms with Gasteiger partial charge in [0.15, 0.2) is 22.5 Å². The molecule has 0 saturated heterocycles. The minimum absolute atomic E-state index is 0.0184. The number of allylic oxidation sites excluding steroid dienone is 1. The van der Waals surface area contributed by atoms with Gasteiger partial charge in [0.05, 0.1) is 13.2 Å². The lowest BCUT2D eigenvalue weighted by molar-refractivity contribution is -0.0773. The summed E-state index contributed by atoms with van der Waals surface area (Å²) < 4.78 is 59.9. The Morgan fingerprint density at radius 2 is 1.78 bits per heavy atom. The summed E-state index contributed by atoms with van der Waals surface area (Å²) in [6.45, 7) is 24.4. The Bertz CT molecular complexity index is 1250. The van der Waals surface area contributed by atoms with Gasteiger partial charge in [-0.3, -0.25) is 0 Å². The average Bonchev–Trinajstić information content (AvgIpc) is 3.27. The van der Waals surface area contributed by atoms with Gasteiger partial charge in [-0.15, -0.1) is 6.58 Å². The van der Waals surface area contributed by atoms with E-state index in [0.29, 0.717) is 24.2 Å². The number of rotatable bonds is 12. The van der Waals surface area contributed by atoms with Crippen LogP contribution < -0.4 is 4.74 Å². The summed E-state index contributed by atoms with van der Waals surface area (Å²) in [5.41, 5.74) is 2.76. The Balaban J connectivity index is 1.67. The number of hydrogen-bond donors (Lipinski definition) is 0. The molecule has 3 aliphatic rings. The molecule has 0 spiro atoms. The van der Waals surface area contributed by atoms with Gasteiger partial charge in [-0.25, -0.2) is 4.39 Å². The smallest absolute Gasteiger partial charge is 0.304 e. The number of methoxy groups -OCH3 is 1. The lowest BCUT2D eigenvalue weighted by atomic mass is 9.44. The molecule has 3 aliphatic carbocycles. The van der Waals surface area contributed by atoms with Crippen LogP contribution in [-0.2, 0) is 15.3 Å². The zero-order valence-electron chi connectivity index (χ0n) is 29.6. The first-order valence-electron chi connectivity index (χ1n) is 17.2. The molecule has 0 aromatic heterocycles. The summed E-state index contributed by atoms with van der Waals surface area (Å²) in [5, 5.41) is 0.133. The molecule has 0 bridgehead atoms. The highest BCUT2D eigenvalue weighted by molar-refractivity contribution is 6.74. The Kier molecular flexibility index (Phi) is 10.8. The summed E-state index contributed by atoms with van der Waals surface area (Å²) in [4.78, 5) is 0. The summed E-state index contributed by atoms with van der Waals surface area (Å²) >= 11 is 0. The van der Waals surface area contributed by atoms with Crippen molar-refractivity contribution < 1.29 is 26.8 Å². The number of hydrogen-bond acceptors (Lipinski definition) is 3. The number of fused-ring (bicyclic) bond motifs is 5. The van der Waals surface area contributed by atoms with E-state index in [9.17, 15) is 13.2 Å². The van der Waals surface area contributed by atoms with E-state index >= 15 is 0 Å². The fraction of sp³-hybridized carbons (Fsp3) is 0.730. The van der Waals surface area contributed by atoms with Gasteiger partial charge < -0.3 is 13.6 Å². The van der Waals surface area contributed by atoms with Crippen LogP contribution in [0, 0.1) is 22.7 Å². The lowest BCUT2D eigenvalue weighted by Crippen LogP contribution is -2.56. The van der Waals surface area contributed by atoms with E-state index in [1.165, 1.54) is 11.1 Å². The largest absolute Gasteiger partial charge is 0.497 e. The van der Waals surface area contributed by atoms with E-state index in [2.05, 4.69) is 71.6 Å². The number of unbranched alkanes of at least 4 members (excludes halogenated alkanes) is 1. The maximum Gasteiger partial charge on any atom is 0.304 e. The van der Waals surface area contributed by atoms with E-state index in [1.807, 2.05) is 19.6 Å². The van der Waals surface area contributed by atoms with E-state index in [4.69, 9.17) is 13.6 Å². The molecule has 0 heterocycles. The first-order chi connectivity index (χ1) is 20.8. The molecule has 1 aromatic rings. The molecule has 45 heavy (non-hydrogen) atoms. The third-order valence-corrected chi connectivity index (χ3v) is 17.5.